The van der Waals surface area contributed by atoms with Crippen LogP contribution < -0.4 is 5.73 Å². The molecule has 1 fully saturated rings. The Morgan fingerprint density at radius 1 is 1.33 bits per heavy atom. The summed E-state index contributed by atoms with van der Waals surface area (Å²) in [6.45, 7) is 7.58. The molecule has 0 spiro atoms. The lowest BCUT2D eigenvalue weighted by Crippen LogP contribution is -2.56. The van der Waals surface area contributed by atoms with Crippen LogP contribution in [-0.4, -0.2) is 41.8 Å². The molecule has 3 heteroatoms. The van der Waals surface area contributed by atoms with E-state index in [1.165, 1.54) is 32.4 Å². The molecule has 1 heterocycles. The third-order valence-corrected chi connectivity index (χ3v) is 4.18. The summed E-state index contributed by atoms with van der Waals surface area (Å²) in [5.41, 5.74) is 5.85. The van der Waals surface area contributed by atoms with Gasteiger partial charge in [-0.2, -0.15) is 0 Å². The topological polar surface area (TPSA) is 49.5 Å². The van der Waals surface area contributed by atoms with Crippen molar-refractivity contribution < 1.29 is 5.11 Å². The summed E-state index contributed by atoms with van der Waals surface area (Å²) in [5.74, 6) is 0.209. The van der Waals surface area contributed by atoms with Gasteiger partial charge in [0.25, 0.3) is 0 Å². The van der Waals surface area contributed by atoms with Crippen LogP contribution in [-0.2, 0) is 0 Å². The highest BCUT2D eigenvalue weighted by Crippen LogP contribution is 2.30. The first-order chi connectivity index (χ1) is 7.19. The molecule has 0 aromatic heterocycles. The fourth-order valence-electron chi connectivity index (χ4n) is 2.70. The minimum absolute atomic E-state index is 0.0872. The molecule has 0 aromatic rings. The zero-order valence-electron chi connectivity index (χ0n) is 10.2. The summed E-state index contributed by atoms with van der Waals surface area (Å²) in [6, 6.07) is 0. The van der Waals surface area contributed by atoms with Crippen LogP contribution in [0.25, 0.3) is 0 Å². The van der Waals surface area contributed by atoms with E-state index in [1.807, 2.05) is 0 Å². The van der Waals surface area contributed by atoms with Crippen molar-refractivity contribution >= 4 is 0 Å². The van der Waals surface area contributed by atoms with Crippen molar-refractivity contribution in [1.82, 2.24) is 4.90 Å². The third-order valence-electron chi connectivity index (χ3n) is 4.18. The van der Waals surface area contributed by atoms with E-state index in [4.69, 9.17) is 5.73 Å². The lowest BCUT2D eigenvalue weighted by atomic mass is 9.81. The molecule has 0 radical (unpaired) electrons. The molecule has 2 atom stereocenters. The Hall–Kier alpha value is -0.120. The fraction of sp³-hybridized carbons (Fsp3) is 1.00. The van der Waals surface area contributed by atoms with Crippen molar-refractivity contribution in [2.75, 3.05) is 26.2 Å². The molecule has 0 aliphatic carbocycles. The van der Waals surface area contributed by atoms with E-state index >= 15 is 0 Å². The molecule has 15 heavy (non-hydrogen) atoms. The summed E-state index contributed by atoms with van der Waals surface area (Å²) in [7, 11) is 0. The SMILES string of the molecule is CC[C@@](C)([C@@H](CN)CO)N1CCCCC1. The zero-order chi connectivity index (χ0) is 11.3. The van der Waals surface area contributed by atoms with Gasteiger partial charge >= 0.3 is 0 Å². The second-order valence-electron chi connectivity index (χ2n) is 4.87. The van der Waals surface area contributed by atoms with Gasteiger partial charge in [-0.3, -0.25) is 4.90 Å². The molecule has 90 valence electrons. The van der Waals surface area contributed by atoms with Gasteiger partial charge in [0.2, 0.25) is 0 Å². The molecule has 3 N–H and O–H groups in total. The first-order valence-electron chi connectivity index (χ1n) is 6.25. The quantitative estimate of drug-likeness (QED) is 0.723. The predicted molar refractivity (Wildman–Crippen MR) is 63.8 cm³/mol. The molecule has 0 amide bonds. The number of nitrogens with zero attached hydrogens (tertiary/aromatic N) is 1. The minimum Gasteiger partial charge on any atom is -0.396 e. The van der Waals surface area contributed by atoms with Gasteiger partial charge in [-0.05, 0) is 45.8 Å². The van der Waals surface area contributed by atoms with Gasteiger partial charge in [-0.1, -0.05) is 13.3 Å². The van der Waals surface area contributed by atoms with Gasteiger partial charge in [-0.15, -0.1) is 0 Å². The molecule has 0 bridgehead atoms. The monoisotopic (exact) mass is 214 g/mol. The van der Waals surface area contributed by atoms with Crippen LogP contribution >= 0.6 is 0 Å². The maximum Gasteiger partial charge on any atom is 0.0489 e. The summed E-state index contributed by atoms with van der Waals surface area (Å²) in [4.78, 5) is 2.53. The lowest BCUT2D eigenvalue weighted by molar-refractivity contribution is 0.00650. The maximum atomic E-state index is 9.42. The molecule has 1 rings (SSSR count). The highest BCUT2D eigenvalue weighted by atomic mass is 16.3. The van der Waals surface area contributed by atoms with E-state index in [1.54, 1.807) is 0 Å². The van der Waals surface area contributed by atoms with Gasteiger partial charge in [0.15, 0.2) is 0 Å². The third kappa shape index (κ3) is 2.71. The van der Waals surface area contributed by atoms with Crippen LogP contribution in [0.5, 0.6) is 0 Å². The number of piperidine rings is 1. The number of nitrogens with two attached hydrogens (primary N) is 1. The van der Waals surface area contributed by atoms with E-state index in [-0.39, 0.29) is 18.1 Å². The number of hydrogen-bond acceptors (Lipinski definition) is 3. The normalized spacial score (nSPS) is 24.8. The van der Waals surface area contributed by atoms with E-state index in [0.29, 0.717) is 6.54 Å². The van der Waals surface area contributed by atoms with Crippen LogP contribution in [0, 0.1) is 5.92 Å². The molecule has 1 aliphatic rings. The smallest absolute Gasteiger partial charge is 0.0489 e. The Morgan fingerprint density at radius 2 is 1.93 bits per heavy atom. The lowest BCUT2D eigenvalue weighted by Gasteiger charge is -2.47. The molecule has 3 nitrogen and oxygen atoms in total. The predicted octanol–water partition coefficient (Wildman–Crippen LogP) is 1.21. The zero-order valence-corrected chi connectivity index (χ0v) is 10.2. The van der Waals surface area contributed by atoms with Crippen LogP contribution in [0.2, 0.25) is 0 Å². The van der Waals surface area contributed by atoms with Gasteiger partial charge in [0, 0.05) is 18.1 Å². The first kappa shape index (κ1) is 12.9. The molecule has 0 unspecified atom stereocenters. The number of aliphatic hydroxyl groups is 1. The first-order valence-corrected chi connectivity index (χ1v) is 6.25. The van der Waals surface area contributed by atoms with Crippen LogP contribution in [0.1, 0.15) is 39.5 Å². The Morgan fingerprint density at radius 3 is 2.33 bits per heavy atom. The Balaban J connectivity index is 2.71. The van der Waals surface area contributed by atoms with E-state index in [0.717, 1.165) is 6.42 Å². The fourth-order valence-corrected chi connectivity index (χ4v) is 2.70. The second-order valence-corrected chi connectivity index (χ2v) is 4.87. The molecular weight excluding hydrogens is 188 g/mol. The van der Waals surface area contributed by atoms with Crippen LogP contribution in [0.15, 0.2) is 0 Å². The maximum absolute atomic E-state index is 9.42. The molecule has 0 aromatic carbocycles. The minimum atomic E-state index is 0.0872. The van der Waals surface area contributed by atoms with Crippen molar-refractivity contribution in [2.24, 2.45) is 11.7 Å². The summed E-state index contributed by atoms with van der Waals surface area (Å²) in [6.07, 6.45) is 4.99. The Kier molecular flexibility index (Phi) is 5.03. The van der Waals surface area contributed by atoms with Gasteiger partial charge in [0.05, 0.1) is 0 Å². The standard InChI is InChI=1S/C12H26N2O/c1-3-12(2,11(9-13)10-15)14-7-5-4-6-8-14/h11,15H,3-10,13H2,1-2H3/t11-,12-/m0/s1. The summed E-state index contributed by atoms with van der Waals surface area (Å²) >= 11 is 0. The number of rotatable bonds is 5. The van der Waals surface area contributed by atoms with Crippen LogP contribution in [0.4, 0.5) is 0 Å². The van der Waals surface area contributed by atoms with Crippen LogP contribution in [0.3, 0.4) is 0 Å². The Labute approximate surface area is 93.6 Å². The Bertz CT molecular complexity index is 176. The van der Waals surface area contributed by atoms with Crippen molar-refractivity contribution in [3.8, 4) is 0 Å². The largest absolute Gasteiger partial charge is 0.396 e. The molecule has 0 saturated carbocycles. The second kappa shape index (κ2) is 5.83. The van der Waals surface area contributed by atoms with Gasteiger partial charge in [-0.25, -0.2) is 0 Å². The highest BCUT2D eigenvalue weighted by molar-refractivity contribution is 4.93. The van der Waals surface area contributed by atoms with E-state index in [9.17, 15) is 5.11 Å². The molecule has 1 saturated heterocycles. The van der Waals surface area contributed by atoms with Crippen molar-refractivity contribution in [3.63, 3.8) is 0 Å². The van der Waals surface area contributed by atoms with Crippen molar-refractivity contribution in [3.05, 3.63) is 0 Å². The number of likely N-dealkylation sites (tertiary alicyclic amines) is 1. The number of hydrogen-bond donors (Lipinski definition) is 2. The molecular formula is C12H26N2O. The average Bonchev–Trinajstić information content (AvgIpc) is 2.31. The van der Waals surface area contributed by atoms with Gasteiger partial charge in [0.1, 0.15) is 0 Å². The van der Waals surface area contributed by atoms with Crippen molar-refractivity contribution in [2.45, 2.75) is 45.1 Å². The van der Waals surface area contributed by atoms with E-state index < -0.39 is 0 Å². The summed E-state index contributed by atoms with van der Waals surface area (Å²) in [5, 5.41) is 9.42. The average molecular weight is 214 g/mol. The number of aliphatic hydroxyl groups excluding tert-OH is 1. The highest BCUT2D eigenvalue weighted by Gasteiger charge is 2.37. The van der Waals surface area contributed by atoms with Crippen molar-refractivity contribution in [1.29, 1.82) is 0 Å². The molecule has 1 aliphatic heterocycles. The van der Waals surface area contributed by atoms with Gasteiger partial charge < -0.3 is 10.8 Å². The summed E-state index contributed by atoms with van der Waals surface area (Å²) < 4.78 is 0. The van der Waals surface area contributed by atoms with E-state index in [2.05, 4.69) is 18.7 Å².